The Morgan fingerprint density at radius 1 is 1.40 bits per heavy atom. The second-order valence-corrected chi connectivity index (χ2v) is 4.49. The maximum Gasteiger partial charge on any atom is 0.222 e. The monoisotopic (exact) mass is 225 g/mol. The molecule has 0 spiro atoms. The Morgan fingerprint density at radius 3 is 2.67 bits per heavy atom. The molecule has 0 radical (unpaired) electrons. The molecule has 0 aliphatic carbocycles. The van der Waals surface area contributed by atoms with E-state index in [1.165, 1.54) is 11.8 Å². The Labute approximate surface area is 94.1 Å². The molecule has 0 heterocycles. The molecule has 1 rings (SSSR count). The number of hydrogen-bond donors (Lipinski definition) is 1. The van der Waals surface area contributed by atoms with Crippen LogP contribution in [-0.4, -0.2) is 35.8 Å². The van der Waals surface area contributed by atoms with Gasteiger partial charge in [-0.15, -0.1) is 11.8 Å². The first-order valence-electron chi connectivity index (χ1n) is 4.72. The van der Waals surface area contributed by atoms with Crippen molar-refractivity contribution in [3.63, 3.8) is 0 Å². The molecule has 15 heavy (non-hydrogen) atoms. The SMILES string of the molecule is CN(C)C(=O)CCSc1ccccc1O. The number of carbonyl (C=O) groups is 1. The van der Waals surface area contributed by atoms with E-state index in [0.717, 1.165) is 4.90 Å². The van der Waals surface area contributed by atoms with Gasteiger partial charge in [0.05, 0.1) is 0 Å². The summed E-state index contributed by atoms with van der Waals surface area (Å²) in [5, 5.41) is 9.47. The Bertz CT molecular complexity index is 339. The molecule has 0 fully saturated rings. The molecule has 0 saturated carbocycles. The van der Waals surface area contributed by atoms with E-state index in [1.54, 1.807) is 31.1 Å². The smallest absolute Gasteiger partial charge is 0.222 e. The van der Waals surface area contributed by atoms with Gasteiger partial charge in [-0.1, -0.05) is 12.1 Å². The number of carbonyl (C=O) groups excluding carboxylic acids is 1. The number of rotatable bonds is 4. The minimum absolute atomic E-state index is 0.109. The van der Waals surface area contributed by atoms with Crippen LogP contribution in [-0.2, 0) is 4.79 Å². The van der Waals surface area contributed by atoms with Crippen molar-refractivity contribution in [2.24, 2.45) is 0 Å². The fourth-order valence-corrected chi connectivity index (χ4v) is 1.94. The molecule has 0 saturated heterocycles. The molecule has 0 aliphatic heterocycles. The van der Waals surface area contributed by atoms with Crippen molar-refractivity contribution in [3.8, 4) is 5.75 Å². The van der Waals surface area contributed by atoms with E-state index in [2.05, 4.69) is 0 Å². The third kappa shape index (κ3) is 3.83. The van der Waals surface area contributed by atoms with Crippen LogP contribution in [0.1, 0.15) is 6.42 Å². The van der Waals surface area contributed by atoms with Crippen molar-refractivity contribution in [3.05, 3.63) is 24.3 Å². The number of phenols is 1. The number of thioether (sulfide) groups is 1. The molecule has 0 aliphatic rings. The molecule has 0 atom stereocenters. The summed E-state index contributed by atoms with van der Waals surface area (Å²) in [5.41, 5.74) is 0. The van der Waals surface area contributed by atoms with E-state index in [-0.39, 0.29) is 11.7 Å². The summed E-state index contributed by atoms with van der Waals surface area (Å²) in [6, 6.07) is 7.15. The number of nitrogens with zero attached hydrogens (tertiary/aromatic N) is 1. The highest BCUT2D eigenvalue weighted by atomic mass is 32.2. The van der Waals surface area contributed by atoms with E-state index in [4.69, 9.17) is 0 Å². The first-order valence-corrected chi connectivity index (χ1v) is 5.71. The average Bonchev–Trinajstić information content (AvgIpc) is 2.20. The summed E-state index contributed by atoms with van der Waals surface area (Å²) < 4.78 is 0. The van der Waals surface area contributed by atoms with Crippen LogP contribution in [0.2, 0.25) is 0 Å². The quantitative estimate of drug-likeness (QED) is 0.796. The second kappa shape index (κ2) is 5.66. The van der Waals surface area contributed by atoms with Gasteiger partial charge in [0.2, 0.25) is 5.91 Å². The Balaban J connectivity index is 2.38. The Morgan fingerprint density at radius 2 is 2.07 bits per heavy atom. The molecule has 4 heteroatoms. The van der Waals surface area contributed by atoms with Crippen LogP contribution in [0.25, 0.3) is 0 Å². The Hall–Kier alpha value is -1.16. The number of para-hydroxylation sites is 1. The van der Waals surface area contributed by atoms with Crippen molar-refractivity contribution in [1.82, 2.24) is 4.90 Å². The van der Waals surface area contributed by atoms with Gasteiger partial charge in [-0.05, 0) is 12.1 Å². The third-order valence-electron chi connectivity index (χ3n) is 1.94. The first kappa shape index (κ1) is 11.9. The molecule has 0 aromatic heterocycles. The average molecular weight is 225 g/mol. The fraction of sp³-hybridized carbons (Fsp3) is 0.364. The lowest BCUT2D eigenvalue weighted by atomic mass is 10.3. The van der Waals surface area contributed by atoms with Crippen molar-refractivity contribution in [2.75, 3.05) is 19.8 Å². The highest BCUT2D eigenvalue weighted by Crippen LogP contribution is 2.27. The van der Waals surface area contributed by atoms with Crippen LogP contribution in [0, 0.1) is 0 Å². The van der Waals surface area contributed by atoms with Gasteiger partial charge in [0.15, 0.2) is 0 Å². The zero-order valence-electron chi connectivity index (χ0n) is 8.93. The molecular weight excluding hydrogens is 210 g/mol. The van der Waals surface area contributed by atoms with Crippen LogP contribution in [0.4, 0.5) is 0 Å². The van der Waals surface area contributed by atoms with Crippen LogP contribution < -0.4 is 0 Å². The summed E-state index contributed by atoms with van der Waals surface area (Å²) in [6.07, 6.45) is 0.492. The number of amides is 1. The number of aromatic hydroxyl groups is 1. The first-order chi connectivity index (χ1) is 7.11. The van der Waals surface area contributed by atoms with Gasteiger partial charge >= 0.3 is 0 Å². The Kier molecular flexibility index (Phi) is 4.49. The number of phenolic OH excluding ortho intramolecular Hbond substituents is 1. The molecule has 0 bridgehead atoms. The number of benzene rings is 1. The molecule has 1 amide bonds. The topological polar surface area (TPSA) is 40.5 Å². The predicted molar refractivity (Wildman–Crippen MR) is 62.1 cm³/mol. The molecule has 3 nitrogen and oxygen atoms in total. The lowest BCUT2D eigenvalue weighted by Crippen LogP contribution is -2.21. The maximum absolute atomic E-state index is 11.3. The van der Waals surface area contributed by atoms with E-state index < -0.39 is 0 Å². The number of hydrogen-bond acceptors (Lipinski definition) is 3. The zero-order chi connectivity index (χ0) is 11.3. The standard InChI is InChI=1S/C11H15NO2S/c1-12(2)11(14)7-8-15-10-6-4-3-5-9(10)13/h3-6,13H,7-8H2,1-2H3. The van der Waals surface area contributed by atoms with Gasteiger partial charge in [-0.25, -0.2) is 0 Å². The van der Waals surface area contributed by atoms with Crippen molar-refractivity contribution in [2.45, 2.75) is 11.3 Å². The fourth-order valence-electron chi connectivity index (χ4n) is 1.05. The largest absolute Gasteiger partial charge is 0.507 e. The van der Waals surface area contributed by atoms with Gasteiger partial charge < -0.3 is 10.0 Å². The lowest BCUT2D eigenvalue weighted by Gasteiger charge is -2.09. The predicted octanol–water partition coefficient (Wildman–Crippen LogP) is 1.96. The van der Waals surface area contributed by atoms with E-state index in [1.807, 2.05) is 12.1 Å². The van der Waals surface area contributed by atoms with Gasteiger partial charge in [0.1, 0.15) is 5.75 Å². The van der Waals surface area contributed by atoms with E-state index >= 15 is 0 Å². The summed E-state index contributed by atoms with van der Waals surface area (Å²) in [4.78, 5) is 13.7. The zero-order valence-corrected chi connectivity index (χ0v) is 9.75. The highest BCUT2D eigenvalue weighted by Gasteiger charge is 2.05. The summed E-state index contributed by atoms with van der Waals surface area (Å²) >= 11 is 1.50. The van der Waals surface area contributed by atoms with Crippen LogP contribution in [0.3, 0.4) is 0 Å². The molecular formula is C11H15NO2S. The lowest BCUT2D eigenvalue weighted by molar-refractivity contribution is -0.128. The molecule has 1 aromatic rings. The van der Waals surface area contributed by atoms with Crippen molar-refractivity contribution in [1.29, 1.82) is 0 Å². The minimum Gasteiger partial charge on any atom is -0.507 e. The molecule has 1 aromatic carbocycles. The molecule has 82 valence electrons. The second-order valence-electron chi connectivity index (χ2n) is 3.35. The van der Waals surface area contributed by atoms with Crippen molar-refractivity contribution >= 4 is 17.7 Å². The molecule has 0 unspecified atom stereocenters. The normalized spacial score (nSPS) is 10.0. The third-order valence-corrected chi connectivity index (χ3v) is 3.00. The minimum atomic E-state index is 0.109. The van der Waals surface area contributed by atoms with Gasteiger partial charge in [0.25, 0.3) is 0 Å². The van der Waals surface area contributed by atoms with Gasteiger partial charge in [0, 0.05) is 31.2 Å². The van der Waals surface area contributed by atoms with Crippen LogP contribution in [0.5, 0.6) is 5.75 Å². The van der Waals surface area contributed by atoms with Crippen molar-refractivity contribution < 1.29 is 9.90 Å². The van der Waals surface area contributed by atoms with E-state index in [0.29, 0.717) is 12.2 Å². The van der Waals surface area contributed by atoms with Crippen LogP contribution in [0.15, 0.2) is 29.2 Å². The van der Waals surface area contributed by atoms with Crippen LogP contribution >= 0.6 is 11.8 Å². The van der Waals surface area contributed by atoms with Gasteiger partial charge in [-0.3, -0.25) is 4.79 Å². The highest BCUT2D eigenvalue weighted by molar-refractivity contribution is 7.99. The summed E-state index contributed by atoms with van der Waals surface area (Å²) in [5.74, 6) is 1.08. The molecule has 1 N–H and O–H groups in total. The summed E-state index contributed by atoms with van der Waals surface area (Å²) in [6.45, 7) is 0. The summed E-state index contributed by atoms with van der Waals surface area (Å²) in [7, 11) is 3.49. The van der Waals surface area contributed by atoms with Gasteiger partial charge in [-0.2, -0.15) is 0 Å². The maximum atomic E-state index is 11.3. The van der Waals surface area contributed by atoms with E-state index in [9.17, 15) is 9.90 Å².